The van der Waals surface area contributed by atoms with Gasteiger partial charge in [-0.3, -0.25) is 0 Å². The highest BCUT2D eigenvalue weighted by Crippen LogP contribution is 2.12. The number of terminal acetylenes is 1. The van der Waals surface area contributed by atoms with Crippen molar-refractivity contribution in [1.82, 2.24) is 0 Å². The van der Waals surface area contributed by atoms with Crippen molar-refractivity contribution in [2.75, 3.05) is 0 Å². The van der Waals surface area contributed by atoms with Gasteiger partial charge in [0.2, 0.25) is 0 Å². The zero-order valence-corrected chi connectivity index (χ0v) is 10.7. The van der Waals surface area contributed by atoms with E-state index < -0.39 is 0 Å². The molecule has 0 saturated carbocycles. The van der Waals surface area contributed by atoms with E-state index in [9.17, 15) is 0 Å². The first-order chi connectivity index (χ1) is 7.27. The van der Waals surface area contributed by atoms with Gasteiger partial charge in [0.25, 0.3) is 0 Å². The van der Waals surface area contributed by atoms with Crippen LogP contribution in [0.4, 0.5) is 0 Å². The Morgan fingerprint density at radius 1 is 0.800 bits per heavy atom. The lowest BCUT2D eigenvalue weighted by molar-refractivity contribution is 0.508. The van der Waals surface area contributed by atoms with E-state index in [2.05, 4.69) is 19.8 Å². The van der Waals surface area contributed by atoms with Gasteiger partial charge in [-0.2, -0.15) is 0 Å². The molecule has 0 amide bonds. The number of unbranched alkanes of at least 4 members (excludes halogenated alkanes) is 8. The number of hydrogen-bond donors (Lipinski definition) is 0. The van der Waals surface area contributed by atoms with Crippen LogP contribution in [0.1, 0.15) is 78.1 Å². The van der Waals surface area contributed by atoms with Gasteiger partial charge in [-0.1, -0.05) is 65.2 Å². The Labute approximate surface area is 96.8 Å². The minimum Gasteiger partial charge on any atom is -0.120 e. The Kier molecular flexibility index (Phi) is 11.3. The summed E-state index contributed by atoms with van der Waals surface area (Å²) in [6.45, 7) is 4.62. The van der Waals surface area contributed by atoms with E-state index >= 15 is 0 Å². The molecule has 0 bridgehead atoms. The third kappa shape index (κ3) is 13.6. The maximum absolute atomic E-state index is 5.20. The molecule has 0 aromatic carbocycles. The molecule has 0 heterocycles. The van der Waals surface area contributed by atoms with E-state index in [1.807, 2.05) is 0 Å². The maximum Gasteiger partial charge on any atom is 0.00860 e. The van der Waals surface area contributed by atoms with E-state index in [4.69, 9.17) is 6.42 Å². The molecular weight excluding hydrogens is 180 g/mol. The molecule has 0 N–H and O–H groups in total. The second kappa shape index (κ2) is 11.6. The predicted molar refractivity (Wildman–Crippen MR) is 69.8 cm³/mol. The highest BCUT2D eigenvalue weighted by molar-refractivity contribution is 4.82. The molecule has 0 heteroatoms. The predicted octanol–water partition coefficient (Wildman–Crippen LogP) is 5.18. The molecule has 0 aliphatic heterocycles. The fourth-order valence-corrected chi connectivity index (χ4v) is 1.84. The second-order valence-electron chi connectivity index (χ2n) is 4.97. The van der Waals surface area contributed by atoms with Gasteiger partial charge in [0.15, 0.2) is 0 Å². The van der Waals surface area contributed by atoms with Gasteiger partial charge in [0.1, 0.15) is 0 Å². The molecule has 0 aromatic rings. The Balaban J connectivity index is 2.90. The van der Waals surface area contributed by atoms with Crippen molar-refractivity contribution in [2.45, 2.75) is 78.1 Å². The summed E-state index contributed by atoms with van der Waals surface area (Å²) >= 11 is 0. The van der Waals surface area contributed by atoms with Crippen LogP contribution in [-0.4, -0.2) is 0 Å². The minimum absolute atomic E-state index is 0.883. The Bertz CT molecular complexity index is 150. The largest absolute Gasteiger partial charge is 0.120 e. The quantitative estimate of drug-likeness (QED) is 0.343. The monoisotopic (exact) mass is 208 g/mol. The molecular formula is C15H28. The fourth-order valence-electron chi connectivity index (χ4n) is 1.84. The summed E-state index contributed by atoms with van der Waals surface area (Å²) in [5.41, 5.74) is 0. The molecule has 0 spiro atoms. The fraction of sp³-hybridized carbons (Fsp3) is 0.867. The third-order valence-electron chi connectivity index (χ3n) is 2.85. The van der Waals surface area contributed by atoms with Crippen LogP contribution in [0.15, 0.2) is 0 Å². The van der Waals surface area contributed by atoms with Crippen molar-refractivity contribution in [1.29, 1.82) is 0 Å². The van der Waals surface area contributed by atoms with Gasteiger partial charge in [-0.05, 0) is 12.3 Å². The third-order valence-corrected chi connectivity index (χ3v) is 2.85. The topological polar surface area (TPSA) is 0 Å². The van der Waals surface area contributed by atoms with Crippen molar-refractivity contribution in [3.05, 3.63) is 0 Å². The van der Waals surface area contributed by atoms with Crippen molar-refractivity contribution >= 4 is 0 Å². The summed E-state index contributed by atoms with van der Waals surface area (Å²) < 4.78 is 0. The molecule has 0 aliphatic carbocycles. The summed E-state index contributed by atoms with van der Waals surface area (Å²) in [6, 6.07) is 0. The van der Waals surface area contributed by atoms with Crippen LogP contribution in [0, 0.1) is 18.3 Å². The molecule has 0 unspecified atom stereocenters. The van der Waals surface area contributed by atoms with Crippen LogP contribution in [0.25, 0.3) is 0 Å². The zero-order valence-electron chi connectivity index (χ0n) is 10.7. The molecule has 0 nitrogen and oxygen atoms in total. The molecule has 0 radical (unpaired) electrons. The van der Waals surface area contributed by atoms with Gasteiger partial charge >= 0.3 is 0 Å². The lowest BCUT2D eigenvalue weighted by Crippen LogP contribution is -1.87. The van der Waals surface area contributed by atoms with Gasteiger partial charge < -0.3 is 0 Å². The molecule has 0 aromatic heterocycles. The first-order valence-electron chi connectivity index (χ1n) is 6.71. The summed E-state index contributed by atoms with van der Waals surface area (Å²) in [5, 5.41) is 0. The normalized spacial score (nSPS) is 10.5. The first kappa shape index (κ1) is 14.6. The first-order valence-corrected chi connectivity index (χ1v) is 6.71. The van der Waals surface area contributed by atoms with Crippen LogP contribution in [0.3, 0.4) is 0 Å². The van der Waals surface area contributed by atoms with Gasteiger partial charge in [-0.25, -0.2) is 0 Å². The van der Waals surface area contributed by atoms with E-state index in [0.717, 1.165) is 12.3 Å². The number of hydrogen-bond acceptors (Lipinski definition) is 0. The lowest BCUT2D eigenvalue weighted by atomic mass is 10.0. The SMILES string of the molecule is C#CCCCCCCCCCCC(C)C. The van der Waals surface area contributed by atoms with Crippen LogP contribution < -0.4 is 0 Å². The Morgan fingerprint density at radius 2 is 1.27 bits per heavy atom. The molecule has 0 atom stereocenters. The summed E-state index contributed by atoms with van der Waals surface area (Å²) in [5.74, 6) is 3.58. The van der Waals surface area contributed by atoms with Gasteiger partial charge in [0, 0.05) is 6.42 Å². The summed E-state index contributed by atoms with van der Waals surface area (Å²) in [4.78, 5) is 0. The average Bonchev–Trinajstić information content (AvgIpc) is 2.20. The van der Waals surface area contributed by atoms with E-state index in [0.29, 0.717) is 0 Å². The average molecular weight is 208 g/mol. The Hall–Kier alpha value is -0.440. The minimum atomic E-state index is 0.883. The lowest BCUT2D eigenvalue weighted by Gasteiger charge is -2.04. The smallest absolute Gasteiger partial charge is 0.00860 e. The molecule has 15 heavy (non-hydrogen) atoms. The molecule has 0 saturated heterocycles. The number of rotatable bonds is 10. The second-order valence-corrected chi connectivity index (χ2v) is 4.97. The molecule has 0 rings (SSSR count). The Morgan fingerprint density at radius 3 is 1.73 bits per heavy atom. The summed E-state index contributed by atoms with van der Waals surface area (Å²) in [7, 11) is 0. The standard InChI is InChI=1S/C15H28/c1-4-5-6-7-8-9-10-11-12-13-14-15(2)3/h1,15H,5-14H2,2-3H3. The van der Waals surface area contributed by atoms with E-state index in [-0.39, 0.29) is 0 Å². The van der Waals surface area contributed by atoms with Crippen LogP contribution in [0.5, 0.6) is 0 Å². The molecule has 0 aliphatic rings. The highest BCUT2D eigenvalue weighted by Gasteiger charge is 1.94. The highest BCUT2D eigenvalue weighted by atomic mass is 14.0. The zero-order chi connectivity index (χ0) is 11.4. The van der Waals surface area contributed by atoms with Gasteiger partial charge in [-0.15, -0.1) is 12.3 Å². The summed E-state index contributed by atoms with van der Waals surface area (Å²) in [6.07, 6.45) is 18.6. The van der Waals surface area contributed by atoms with E-state index in [1.54, 1.807) is 0 Å². The molecule has 88 valence electrons. The van der Waals surface area contributed by atoms with Crippen molar-refractivity contribution in [3.8, 4) is 12.3 Å². The van der Waals surface area contributed by atoms with Gasteiger partial charge in [0.05, 0.1) is 0 Å². The van der Waals surface area contributed by atoms with Crippen molar-refractivity contribution < 1.29 is 0 Å². The van der Waals surface area contributed by atoms with Crippen molar-refractivity contribution in [2.24, 2.45) is 5.92 Å². The van der Waals surface area contributed by atoms with Crippen LogP contribution >= 0.6 is 0 Å². The molecule has 0 fully saturated rings. The van der Waals surface area contributed by atoms with Crippen molar-refractivity contribution in [3.63, 3.8) is 0 Å². The van der Waals surface area contributed by atoms with E-state index in [1.165, 1.54) is 57.8 Å². The maximum atomic E-state index is 5.20. The van der Waals surface area contributed by atoms with Crippen LogP contribution in [0.2, 0.25) is 0 Å². The van der Waals surface area contributed by atoms with Crippen LogP contribution in [-0.2, 0) is 0 Å².